The van der Waals surface area contributed by atoms with Gasteiger partial charge in [-0.05, 0) is 61.7 Å². The third-order valence-electron chi connectivity index (χ3n) is 4.83. The maximum atomic E-state index is 12.9. The van der Waals surface area contributed by atoms with E-state index in [0.29, 0.717) is 11.4 Å². The Balaban J connectivity index is 1.82. The molecule has 4 nitrogen and oxygen atoms in total. The Bertz CT molecular complexity index is 1140. The zero-order chi connectivity index (χ0) is 19.0. The molecular weight excluding hydrogens is 334 g/mol. The number of nitrogens with zero attached hydrogens (tertiary/aromatic N) is 2. The Labute approximate surface area is 158 Å². The van der Waals surface area contributed by atoms with Crippen LogP contribution in [0.4, 0.5) is 5.82 Å². The molecule has 0 unspecified atom stereocenters. The minimum Gasteiger partial charge on any atom is -0.306 e. The highest BCUT2D eigenvalue weighted by Crippen LogP contribution is 2.29. The van der Waals surface area contributed by atoms with Crippen LogP contribution < -0.4 is 5.32 Å². The number of pyridine rings is 1. The average molecular weight is 355 g/mol. The SMILES string of the molecule is Cc1ccn2c(NC(=O)c3ccc(C)c(C)c3)c(-c3ccccc3)nc2c1. The summed E-state index contributed by atoms with van der Waals surface area (Å²) in [4.78, 5) is 17.7. The Kier molecular flexibility index (Phi) is 4.24. The highest BCUT2D eigenvalue weighted by molar-refractivity contribution is 6.06. The second-order valence-corrected chi connectivity index (χ2v) is 6.86. The molecule has 2 aromatic carbocycles. The lowest BCUT2D eigenvalue weighted by Crippen LogP contribution is -2.14. The van der Waals surface area contributed by atoms with Gasteiger partial charge in [-0.15, -0.1) is 0 Å². The van der Waals surface area contributed by atoms with E-state index in [1.807, 2.05) is 92.0 Å². The lowest BCUT2D eigenvalue weighted by molar-refractivity contribution is 0.102. The highest BCUT2D eigenvalue weighted by Gasteiger charge is 2.17. The zero-order valence-electron chi connectivity index (χ0n) is 15.7. The highest BCUT2D eigenvalue weighted by atomic mass is 16.1. The van der Waals surface area contributed by atoms with Gasteiger partial charge in [0.05, 0.1) is 0 Å². The maximum Gasteiger partial charge on any atom is 0.256 e. The van der Waals surface area contributed by atoms with Crippen LogP contribution in [0.25, 0.3) is 16.9 Å². The molecule has 1 amide bonds. The Morgan fingerprint density at radius 1 is 0.926 bits per heavy atom. The summed E-state index contributed by atoms with van der Waals surface area (Å²) in [6.45, 7) is 6.08. The number of fused-ring (bicyclic) bond motifs is 1. The van der Waals surface area contributed by atoms with Gasteiger partial charge in [-0.25, -0.2) is 4.98 Å². The molecule has 0 spiro atoms. The van der Waals surface area contributed by atoms with Crippen LogP contribution in [0.5, 0.6) is 0 Å². The number of amides is 1. The van der Waals surface area contributed by atoms with E-state index in [9.17, 15) is 4.79 Å². The Hall–Kier alpha value is -3.40. The predicted octanol–water partition coefficient (Wildman–Crippen LogP) is 5.18. The first-order valence-corrected chi connectivity index (χ1v) is 8.95. The molecule has 0 saturated heterocycles. The molecule has 4 rings (SSSR count). The molecule has 0 aliphatic rings. The molecule has 0 bridgehead atoms. The molecule has 0 aliphatic heterocycles. The van der Waals surface area contributed by atoms with Gasteiger partial charge in [0.15, 0.2) is 0 Å². The Morgan fingerprint density at radius 2 is 1.70 bits per heavy atom. The van der Waals surface area contributed by atoms with E-state index >= 15 is 0 Å². The third kappa shape index (κ3) is 3.22. The van der Waals surface area contributed by atoms with Gasteiger partial charge < -0.3 is 5.32 Å². The molecule has 1 N–H and O–H groups in total. The minimum absolute atomic E-state index is 0.141. The van der Waals surface area contributed by atoms with Crippen molar-refractivity contribution in [1.82, 2.24) is 9.38 Å². The van der Waals surface area contributed by atoms with Crippen molar-refractivity contribution in [2.45, 2.75) is 20.8 Å². The molecular formula is C23H21N3O. The van der Waals surface area contributed by atoms with Gasteiger partial charge in [-0.1, -0.05) is 36.4 Å². The third-order valence-corrected chi connectivity index (χ3v) is 4.83. The van der Waals surface area contributed by atoms with Crippen molar-refractivity contribution in [3.8, 4) is 11.3 Å². The second-order valence-electron chi connectivity index (χ2n) is 6.86. The van der Waals surface area contributed by atoms with E-state index in [0.717, 1.165) is 28.0 Å². The van der Waals surface area contributed by atoms with E-state index in [-0.39, 0.29) is 5.91 Å². The largest absolute Gasteiger partial charge is 0.306 e. The molecule has 0 atom stereocenters. The second kappa shape index (κ2) is 6.72. The normalized spacial score (nSPS) is 10.9. The van der Waals surface area contributed by atoms with Crippen LogP contribution in [0.1, 0.15) is 27.0 Å². The number of imidazole rings is 1. The van der Waals surface area contributed by atoms with E-state index in [2.05, 4.69) is 5.32 Å². The maximum absolute atomic E-state index is 12.9. The number of hydrogen-bond acceptors (Lipinski definition) is 2. The fourth-order valence-electron chi connectivity index (χ4n) is 3.13. The van der Waals surface area contributed by atoms with Gasteiger partial charge in [-0.3, -0.25) is 9.20 Å². The van der Waals surface area contributed by atoms with Crippen LogP contribution in [0.3, 0.4) is 0 Å². The van der Waals surface area contributed by atoms with Crippen LogP contribution in [0.15, 0.2) is 66.9 Å². The number of carbonyl (C=O) groups is 1. The summed E-state index contributed by atoms with van der Waals surface area (Å²) in [6, 6.07) is 19.7. The van der Waals surface area contributed by atoms with Crippen LogP contribution >= 0.6 is 0 Å². The minimum atomic E-state index is -0.141. The smallest absolute Gasteiger partial charge is 0.256 e. The van der Waals surface area contributed by atoms with Crippen molar-refractivity contribution in [1.29, 1.82) is 0 Å². The molecule has 0 saturated carbocycles. The topological polar surface area (TPSA) is 46.4 Å². The molecule has 0 aliphatic carbocycles. The summed E-state index contributed by atoms with van der Waals surface area (Å²) in [5.41, 5.74) is 6.57. The number of rotatable bonds is 3. The van der Waals surface area contributed by atoms with Crippen molar-refractivity contribution in [2.24, 2.45) is 0 Å². The van der Waals surface area contributed by atoms with Crippen LogP contribution in [-0.4, -0.2) is 15.3 Å². The Morgan fingerprint density at radius 3 is 2.44 bits per heavy atom. The van der Waals surface area contributed by atoms with Crippen LogP contribution in [0, 0.1) is 20.8 Å². The number of benzene rings is 2. The first kappa shape index (κ1) is 17.0. The predicted molar refractivity (Wildman–Crippen MR) is 109 cm³/mol. The van der Waals surface area contributed by atoms with Crippen LogP contribution in [-0.2, 0) is 0 Å². The fourth-order valence-corrected chi connectivity index (χ4v) is 3.13. The quantitative estimate of drug-likeness (QED) is 0.550. The number of nitrogens with one attached hydrogen (secondary N) is 1. The van der Waals surface area contributed by atoms with Crippen molar-refractivity contribution in [3.63, 3.8) is 0 Å². The molecule has 27 heavy (non-hydrogen) atoms. The summed E-state index contributed by atoms with van der Waals surface area (Å²) < 4.78 is 1.92. The lowest BCUT2D eigenvalue weighted by Gasteiger charge is -2.09. The number of hydrogen-bond donors (Lipinski definition) is 1. The molecule has 0 radical (unpaired) electrons. The van der Waals surface area contributed by atoms with Crippen molar-refractivity contribution in [2.75, 3.05) is 5.32 Å². The monoisotopic (exact) mass is 355 g/mol. The van der Waals surface area contributed by atoms with Gasteiger partial charge >= 0.3 is 0 Å². The summed E-state index contributed by atoms with van der Waals surface area (Å²) in [6.07, 6.45) is 1.94. The molecule has 4 heteroatoms. The standard InChI is InChI=1S/C23H21N3O/c1-15-11-12-26-20(13-15)24-21(18-7-5-4-6-8-18)22(26)25-23(27)19-10-9-16(2)17(3)14-19/h4-14H,1-3H3,(H,25,27). The van der Waals surface area contributed by atoms with Crippen LogP contribution in [0.2, 0.25) is 0 Å². The number of aromatic nitrogens is 2. The summed E-state index contributed by atoms with van der Waals surface area (Å²) >= 11 is 0. The van der Waals surface area contributed by atoms with Gasteiger partial charge in [0.2, 0.25) is 0 Å². The van der Waals surface area contributed by atoms with Gasteiger partial charge in [0.1, 0.15) is 17.2 Å². The number of anilines is 1. The number of carbonyl (C=O) groups excluding carboxylic acids is 1. The van der Waals surface area contributed by atoms with Gasteiger partial charge in [0, 0.05) is 17.3 Å². The van der Waals surface area contributed by atoms with E-state index in [1.54, 1.807) is 0 Å². The molecule has 0 fully saturated rings. The summed E-state index contributed by atoms with van der Waals surface area (Å²) in [7, 11) is 0. The van der Waals surface area contributed by atoms with Crippen molar-refractivity contribution < 1.29 is 4.79 Å². The summed E-state index contributed by atoms with van der Waals surface area (Å²) in [5.74, 6) is 0.539. The fraction of sp³-hybridized carbons (Fsp3) is 0.130. The lowest BCUT2D eigenvalue weighted by atomic mass is 10.1. The molecule has 4 aromatic rings. The molecule has 2 aromatic heterocycles. The first-order valence-electron chi connectivity index (χ1n) is 8.95. The van der Waals surface area contributed by atoms with Gasteiger partial charge in [-0.2, -0.15) is 0 Å². The molecule has 2 heterocycles. The first-order chi connectivity index (χ1) is 13.0. The average Bonchev–Trinajstić information content (AvgIpc) is 3.02. The summed E-state index contributed by atoms with van der Waals surface area (Å²) in [5, 5.41) is 3.08. The molecule has 134 valence electrons. The van der Waals surface area contributed by atoms with E-state index in [1.165, 1.54) is 5.56 Å². The van der Waals surface area contributed by atoms with Crippen molar-refractivity contribution >= 4 is 17.4 Å². The van der Waals surface area contributed by atoms with Crippen molar-refractivity contribution in [3.05, 3.63) is 89.1 Å². The van der Waals surface area contributed by atoms with E-state index in [4.69, 9.17) is 4.98 Å². The van der Waals surface area contributed by atoms with Gasteiger partial charge in [0.25, 0.3) is 5.91 Å². The number of aryl methyl sites for hydroxylation is 3. The zero-order valence-corrected chi connectivity index (χ0v) is 15.7. The van der Waals surface area contributed by atoms with E-state index < -0.39 is 0 Å².